The van der Waals surface area contributed by atoms with Crippen LogP contribution in [0.25, 0.3) is 5.65 Å². The third kappa shape index (κ3) is 3.62. The maximum Gasteiger partial charge on any atom is 0.258 e. The lowest BCUT2D eigenvalue weighted by molar-refractivity contribution is 0.276. The molecule has 19 heavy (non-hydrogen) atoms. The SMILES string of the molecule is CC(CCCO)NCc1cc(=O)n2ccccc2n1. The molecule has 2 rings (SSSR count). The van der Waals surface area contributed by atoms with Crippen LogP contribution >= 0.6 is 0 Å². The fourth-order valence-corrected chi connectivity index (χ4v) is 1.97. The van der Waals surface area contributed by atoms with E-state index in [0.717, 1.165) is 18.5 Å². The Balaban J connectivity index is 2.07. The molecule has 0 saturated carbocycles. The summed E-state index contributed by atoms with van der Waals surface area (Å²) in [4.78, 5) is 16.3. The fraction of sp³-hybridized carbons (Fsp3) is 0.429. The molecular formula is C14H19N3O2. The highest BCUT2D eigenvalue weighted by Crippen LogP contribution is 2.00. The van der Waals surface area contributed by atoms with Gasteiger partial charge < -0.3 is 10.4 Å². The number of aliphatic hydroxyl groups is 1. The Kier molecular flexibility index (Phi) is 4.65. The summed E-state index contributed by atoms with van der Waals surface area (Å²) in [5, 5.41) is 12.1. The number of fused-ring (bicyclic) bond motifs is 1. The molecule has 1 atom stereocenters. The van der Waals surface area contributed by atoms with Gasteiger partial charge in [0.15, 0.2) is 0 Å². The highest BCUT2D eigenvalue weighted by Gasteiger charge is 2.04. The van der Waals surface area contributed by atoms with Crippen LogP contribution in [0.1, 0.15) is 25.5 Å². The molecule has 0 spiro atoms. The molecule has 2 aromatic rings. The molecule has 0 aromatic carbocycles. The zero-order valence-electron chi connectivity index (χ0n) is 11.0. The van der Waals surface area contributed by atoms with Gasteiger partial charge in [-0.05, 0) is 31.9 Å². The van der Waals surface area contributed by atoms with Gasteiger partial charge in [-0.1, -0.05) is 6.07 Å². The van der Waals surface area contributed by atoms with Crippen molar-refractivity contribution in [3.05, 3.63) is 46.5 Å². The van der Waals surface area contributed by atoms with Gasteiger partial charge in [0.25, 0.3) is 5.56 Å². The predicted molar refractivity (Wildman–Crippen MR) is 74.1 cm³/mol. The molecule has 5 heteroatoms. The van der Waals surface area contributed by atoms with E-state index < -0.39 is 0 Å². The summed E-state index contributed by atoms with van der Waals surface area (Å²) in [6.45, 7) is 2.83. The van der Waals surface area contributed by atoms with Gasteiger partial charge >= 0.3 is 0 Å². The van der Waals surface area contributed by atoms with Crippen LogP contribution in [0, 0.1) is 0 Å². The summed E-state index contributed by atoms with van der Waals surface area (Å²) in [6.07, 6.45) is 3.40. The first-order valence-corrected chi connectivity index (χ1v) is 6.52. The van der Waals surface area contributed by atoms with Gasteiger partial charge in [0.2, 0.25) is 0 Å². The molecule has 0 fully saturated rings. The van der Waals surface area contributed by atoms with Crippen LogP contribution in [-0.2, 0) is 6.54 Å². The third-order valence-corrected chi connectivity index (χ3v) is 3.05. The Hall–Kier alpha value is -1.72. The van der Waals surface area contributed by atoms with Crippen molar-refractivity contribution in [1.82, 2.24) is 14.7 Å². The first-order chi connectivity index (χ1) is 9.20. The molecule has 1 unspecified atom stereocenters. The minimum Gasteiger partial charge on any atom is -0.396 e. The lowest BCUT2D eigenvalue weighted by Crippen LogP contribution is -2.27. The van der Waals surface area contributed by atoms with Crippen LogP contribution in [0.15, 0.2) is 35.3 Å². The van der Waals surface area contributed by atoms with E-state index in [1.807, 2.05) is 18.2 Å². The number of nitrogens with one attached hydrogen (secondary N) is 1. The van der Waals surface area contributed by atoms with Gasteiger partial charge in [0, 0.05) is 31.5 Å². The van der Waals surface area contributed by atoms with E-state index in [4.69, 9.17) is 5.11 Å². The lowest BCUT2D eigenvalue weighted by atomic mass is 10.2. The molecule has 2 aromatic heterocycles. The highest BCUT2D eigenvalue weighted by molar-refractivity contribution is 5.37. The average molecular weight is 261 g/mol. The second-order valence-corrected chi connectivity index (χ2v) is 4.66. The van der Waals surface area contributed by atoms with Crippen LogP contribution in [0.5, 0.6) is 0 Å². The molecule has 0 aliphatic heterocycles. The fourth-order valence-electron chi connectivity index (χ4n) is 1.97. The van der Waals surface area contributed by atoms with Crippen molar-refractivity contribution in [3.63, 3.8) is 0 Å². The van der Waals surface area contributed by atoms with Crippen molar-refractivity contribution in [2.45, 2.75) is 32.4 Å². The number of aliphatic hydroxyl groups excluding tert-OH is 1. The molecule has 0 radical (unpaired) electrons. The minimum absolute atomic E-state index is 0.0644. The normalized spacial score (nSPS) is 12.7. The number of aromatic nitrogens is 2. The van der Waals surface area contributed by atoms with Gasteiger partial charge in [0.1, 0.15) is 5.65 Å². The number of hydrogen-bond acceptors (Lipinski definition) is 4. The molecular weight excluding hydrogens is 242 g/mol. The second kappa shape index (κ2) is 6.45. The Morgan fingerprint density at radius 1 is 1.47 bits per heavy atom. The van der Waals surface area contributed by atoms with Gasteiger partial charge in [-0.2, -0.15) is 0 Å². The Labute approximate surface area is 111 Å². The molecule has 0 aliphatic carbocycles. The first kappa shape index (κ1) is 13.7. The maximum absolute atomic E-state index is 11.9. The number of rotatable bonds is 6. The van der Waals surface area contributed by atoms with Crippen LogP contribution in [0.2, 0.25) is 0 Å². The molecule has 102 valence electrons. The Bertz CT molecular complexity index is 595. The van der Waals surface area contributed by atoms with Crippen LogP contribution in [0.4, 0.5) is 0 Å². The predicted octanol–water partition coefficient (Wildman–Crippen LogP) is 0.945. The summed E-state index contributed by atoms with van der Waals surface area (Å²) in [6, 6.07) is 7.34. The van der Waals surface area contributed by atoms with E-state index in [1.54, 1.807) is 12.3 Å². The van der Waals surface area contributed by atoms with Crippen molar-refractivity contribution in [3.8, 4) is 0 Å². The van der Waals surface area contributed by atoms with E-state index in [1.165, 1.54) is 4.40 Å². The van der Waals surface area contributed by atoms with Gasteiger partial charge in [-0.15, -0.1) is 0 Å². The second-order valence-electron chi connectivity index (χ2n) is 4.66. The molecule has 5 nitrogen and oxygen atoms in total. The number of pyridine rings is 1. The topological polar surface area (TPSA) is 66.6 Å². The summed E-state index contributed by atoms with van der Waals surface area (Å²) < 4.78 is 1.53. The summed E-state index contributed by atoms with van der Waals surface area (Å²) in [5.74, 6) is 0. The lowest BCUT2D eigenvalue weighted by Gasteiger charge is -2.12. The Morgan fingerprint density at radius 2 is 2.32 bits per heavy atom. The van der Waals surface area contributed by atoms with E-state index in [0.29, 0.717) is 18.2 Å². The number of hydrogen-bond donors (Lipinski definition) is 2. The zero-order chi connectivity index (χ0) is 13.7. The van der Waals surface area contributed by atoms with Crippen LogP contribution in [0.3, 0.4) is 0 Å². The first-order valence-electron chi connectivity index (χ1n) is 6.52. The van der Waals surface area contributed by atoms with Crippen molar-refractivity contribution >= 4 is 5.65 Å². The largest absolute Gasteiger partial charge is 0.396 e. The van der Waals surface area contributed by atoms with Crippen molar-refractivity contribution < 1.29 is 5.11 Å². The quantitative estimate of drug-likeness (QED) is 0.812. The van der Waals surface area contributed by atoms with Crippen molar-refractivity contribution in [1.29, 1.82) is 0 Å². The molecule has 0 bridgehead atoms. The monoisotopic (exact) mass is 261 g/mol. The van der Waals surface area contributed by atoms with Crippen LogP contribution in [-0.4, -0.2) is 27.1 Å². The van der Waals surface area contributed by atoms with E-state index in [9.17, 15) is 4.79 Å². The Morgan fingerprint density at radius 3 is 3.11 bits per heavy atom. The average Bonchev–Trinajstić information content (AvgIpc) is 2.43. The smallest absolute Gasteiger partial charge is 0.258 e. The van der Waals surface area contributed by atoms with Gasteiger partial charge in [0.05, 0.1) is 5.69 Å². The minimum atomic E-state index is -0.0644. The summed E-state index contributed by atoms with van der Waals surface area (Å²) >= 11 is 0. The molecule has 0 amide bonds. The van der Waals surface area contributed by atoms with Gasteiger partial charge in [-0.25, -0.2) is 4.98 Å². The molecule has 2 N–H and O–H groups in total. The molecule has 0 saturated heterocycles. The molecule has 2 heterocycles. The summed E-state index contributed by atoms with van der Waals surface area (Å²) in [5.41, 5.74) is 1.34. The van der Waals surface area contributed by atoms with E-state index in [2.05, 4.69) is 17.2 Å². The standard InChI is InChI=1S/C14H19N3O2/c1-11(5-4-8-18)15-10-12-9-14(19)17-7-3-2-6-13(17)16-12/h2-3,6-7,9,11,15,18H,4-5,8,10H2,1H3. The van der Waals surface area contributed by atoms with Crippen molar-refractivity contribution in [2.75, 3.05) is 6.61 Å². The zero-order valence-corrected chi connectivity index (χ0v) is 11.0. The highest BCUT2D eigenvalue weighted by atomic mass is 16.2. The van der Waals surface area contributed by atoms with Crippen LogP contribution < -0.4 is 10.9 Å². The van der Waals surface area contributed by atoms with Gasteiger partial charge in [-0.3, -0.25) is 9.20 Å². The summed E-state index contributed by atoms with van der Waals surface area (Å²) in [7, 11) is 0. The van der Waals surface area contributed by atoms with E-state index >= 15 is 0 Å². The van der Waals surface area contributed by atoms with Crippen molar-refractivity contribution in [2.24, 2.45) is 0 Å². The number of nitrogens with zero attached hydrogens (tertiary/aromatic N) is 2. The van der Waals surface area contributed by atoms with E-state index in [-0.39, 0.29) is 12.2 Å². The third-order valence-electron chi connectivity index (χ3n) is 3.05. The maximum atomic E-state index is 11.9. The molecule has 0 aliphatic rings.